The first-order valence-corrected chi connectivity index (χ1v) is 5.98. The highest BCUT2D eigenvalue weighted by Crippen LogP contribution is 2.08. The van der Waals surface area contributed by atoms with Crippen LogP contribution in [0.2, 0.25) is 0 Å². The molecule has 2 heteroatoms. The smallest absolute Gasteiger partial charge is 0.00187 e. The summed E-state index contributed by atoms with van der Waals surface area (Å²) in [6, 6.07) is 0. The van der Waals surface area contributed by atoms with Gasteiger partial charge in [0.05, 0.1) is 0 Å². The monoisotopic (exact) mass is 200 g/mol. The highest BCUT2D eigenvalue weighted by atomic mass is 15.1. The van der Waals surface area contributed by atoms with Crippen LogP contribution in [0.1, 0.15) is 40.0 Å². The second-order valence-electron chi connectivity index (χ2n) is 4.84. The fraction of sp³-hybridized carbons (Fsp3) is 1.00. The molecule has 0 heterocycles. The number of nitrogens with two attached hydrogens (primary N) is 1. The van der Waals surface area contributed by atoms with Gasteiger partial charge in [-0.1, -0.05) is 27.2 Å². The van der Waals surface area contributed by atoms with E-state index in [2.05, 4.69) is 32.7 Å². The van der Waals surface area contributed by atoms with E-state index < -0.39 is 0 Å². The zero-order valence-corrected chi connectivity index (χ0v) is 10.4. The average molecular weight is 200 g/mol. The molecule has 14 heavy (non-hydrogen) atoms. The lowest BCUT2D eigenvalue weighted by Gasteiger charge is -2.23. The first-order valence-electron chi connectivity index (χ1n) is 5.98. The molecule has 2 nitrogen and oxygen atoms in total. The molecule has 0 aromatic rings. The van der Waals surface area contributed by atoms with Crippen molar-refractivity contribution in [3.8, 4) is 0 Å². The number of nitrogens with zero attached hydrogens (tertiary/aromatic N) is 1. The van der Waals surface area contributed by atoms with Gasteiger partial charge in [0.25, 0.3) is 0 Å². The van der Waals surface area contributed by atoms with Gasteiger partial charge >= 0.3 is 0 Å². The van der Waals surface area contributed by atoms with Gasteiger partial charge < -0.3 is 10.6 Å². The van der Waals surface area contributed by atoms with Crippen LogP contribution in [0.3, 0.4) is 0 Å². The van der Waals surface area contributed by atoms with Gasteiger partial charge in [0.2, 0.25) is 0 Å². The van der Waals surface area contributed by atoms with E-state index >= 15 is 0 Å². The molecule has 0 aromatic heterocycles. The maximum absolute atomic E-state index is 5.74. The van der Waals surface area contributed by atoms with Crippen LogP contribution in [0.5, 0.6) is 0 Å². The molecule has 1 unspecified atom stereocenters. The highest BCUT2D eigenvalue weighted by molar-refractivity contribution is 4.64. The Bertz CT molecular complexity index is 123. The summed E-state index contributed by atoms with van der Waals surface area (Å²) in [4.78, 5) is 2.42. The first kappa shape index (κ1) is 13.9. The Labute approximate surface area is 89.9 Å². The van der Waals surface area contributed by atoms with Crippen molar-refractivity contribution >= 4 is 0 Å². The van der Waals surface area contributed by atoms with E-state index in [1.807, 2.05) is 0 Å². The van der Waals surface area contributed by atoms with Crippen LogP contribution in [0, 0.1) is 11.8 Å². The van der Waals surface area contributed by atoms with Crippen LogP contribution in [0.25, 0.3) is 0 Å². The molecule has 0 aliphatic carbocycles. The zero-order valence-electron chi connectivity index (χ0n) is 10.4. The van der Waals surface area contributed by atoms with Crippen molar-refractivity contribution in [1.29, 1.82) is 0 Å². The Kier molecular flexibility index (Phi) is 8.20. The molecular formula is C12H28N2. The molecule has 0 aliphatic rings. The maximum Gasteiger partial charge on any atom is 0.00187 e. The summed E-state index contributed by atoms with van der Waals surface area (Å²) in [6.45, 7) is 9.99. The van der Waals surface area contributed by atoms with Crippen molar-refractivity contribution in [1.82, 2.24) is 4.90 Å². The van der Waals surface area contributed by atoms with Crippen molar-refractivity contribution in [2.75, 3.05) is 26.7 Å². The summed E-state index contributed by atoms with van der Waals surface area (Å²) < 4.78 is 0. The van der Waals surface area contributed by atoms with E-state index in [9.17, 15) is 0 Å². The summed E-state index contributed by atoms with van der Waals surface area (Å²) >= 11 is 0. The Hall–Kier alpha value is -0.0800. The SMILES string of the molecule is CCCC(CN)CN(C)CCC(C)C. The van der Waals surface area contributed by atoms with Crippen LogP contribution >= 0.6 is 0 Å². The van der Waals surface area contributed by atoms with Crippen LogP contribution in [0.4, 0.5) is 0 Å². The lowest BCUT2D eigenvalue weighted by atomic mass is 10.0. The Morgan fingerprint density at radius 2 is 1.86 bits per heavy atom. The van der Waals surface area contributed by atoms with E-state index in [0.717, 1.165) is 19.0 Å². The van der Waals surface area contributed by atoms with Gasteiger partial charge in [-0.05, 0) is 44.8 Å². The van der Waals surface area contributed by atoms with Crippen molar-refractivity contribution in [2.24, 2.45) is 17.6 Å². The van der Waals surface area contributed by atoms with Gasteiger partial charge in [0, 0.05) is 6.54 Å². The van der Waals surface area contributed by atoms with Gasteiger partial charge in [-0.2, -0.15) is 0 Å². The minimum Gasteiger partial charge on any atom is -0.330 e. The van der Waals surface area contributed by atoms with Crippen LogP contribution < -0.4 is 5.73 Å². The van der Waals surface area contributed by atoms with Crippen LogP contribution in [-0.4, -0.2) is 31.6 Å². The van der Waals surface area contributed by atoms with Gasteiger partial charge in [-0.15, -0.1) is 0 Å². The quantitative estimate of drug-likeness (QED) is 0.651. The van der Waals surface area contributed by atoms with E-state index in [0.29, 0.717) is 5.92 Å². The Morgan fingerprint density at radius 1 is 1.21 bits per heavy atom. The predicted octanol–water partition coefficient (Wildman–Crippen LogP) is 2.34. The minimum absolute atomic E-state index is 0.692. The average Bonchev–Trinajstić information content (AvgIpc) is 2.14. The third-order valence-electron chi connectivity index (χ3n) is 2.69. The second-order valence-corrected chi connectivity index (χ2v) is 4.84. The molecule has 0 aromatic carbocycles. The molecule has 0 spiro atoms. The largest absolute Gasteiger partial charge is 0.330 e. The third-order valence-corrected chi connectivity index (χ3v) is 2.69. The van der Waals surface area contributed by atoms with Gasteiger partial charge in [0.15, 0.2) is 0 Å². The molecule has 0 amide bonds. The number of rotatable bonds is 8. The van der Waals surface area contributed by atoms with Gasteiger partial charge in [-0.25, -0.2) is 0 Å². The minimum atomic E-state index is 0.692. The second kappa shape index (κ2) is 8.25. The zero-order chi connectivity index (χ0) is 11.0. The maximum atomic E-state index is 5.74. The van der Waals surface area contributed by atoms with Crippen molar-refractivity contribution in [3.05, 3.63) is 0 Å². The number of hydrogen-bond acceptors (Lipinski definition) is 2. The molecule has 0 radical (unpaired) electrons. The Morgan fingerprint density at radius 3 is 2.29 bits per heavy atom. The van der Waals surface area contributed by atoms with E-state index in [-0.39, 0.29) is 0 Å². The molecule has 1 atom stereocenters. The lowest BCUT2D eigenvalue weighted by Crippen LogP contribution is -2.31. The Balaban J connectivity index is 3.61. The fourth-order valence-corrected chi connectivity index (χ4v) is 1.70. The molecule has 0 rings (SSSR count). The van der Waals surface area contributed by atoms with E-state index in [4.69, 9.17) is 5.73 Å². The predicted molar refractivity (Wildman–Crippen MR) is 64.4 cm³/mol. The normalized spacial score (nSPS) is 13.9. The fourth-order valence-electron chi connectivity index (χ4n) is 1.70. The molecule has 86 valence electrons. The first-order chi connectivity index (χ1) is 6.60. The molecule has 0 aliphatic heterocycles. The topological polar surface area (TPSA) is 29.3 Å². The lowest BCUT2D eigenvalue weighted by molar-refractivity contribution is 0.256. The summed E-state index contributed by atoms with van der Waals surface area (Å²) in [7, 11) is 2.21. The van der Waals surface area contributed by atoms with Gasteiger partial charge in [-0.3, -0.25) is 0 Å². The molecule has 2 N–H and O–H groups in total. The number of hydrogen-bond donors (Lipinski definition) is 1. The van der Waals surface area contributed by atoms with Crippen LogP contribution in [0.15, 0.2) is 0 Å². The van der Waals surface area contributed by atoms with Crippen molar-refractivity contribution in [2.45, 2.75) is 40.0 Å². The standard InChI is InChI=1S/C12H28N2/c1-5-6-12(9-13)10-14(4)8-7-11(2)3/h11-12H,5-10,13H2,1-4H3. The molecule has 0 bridgehead atoms. The summed E-state index contributed by atoms with van der Waals surface area (Å²) in [5.74, 6) is 1.50. The summed E-state index contributed by atoms with van der Waals surface area (Å²) in [6.07, 6.45) is 3.81. The van der Waals surface area contributed by atoms with Crippen LogP contribution in [-0.2, 0) is 0 Å². The summed E-state index contributed by atoms with van der Waals surface area (Å²) in [5, 5.41) is 0. The molecule has 0 saturated carbocycles. The van der Waals surface area contributed by atoms with E-state index in [1.54, 1.807) is 0 Å². The van der Waals surface area contributed by atoms with Crippen molar-refractivity contribution < 1.29 is 0 Å². The summed E-state index contributed by atoms with van der Waals surface area (Å²) in [5.41, 5.74) is 5.74. The molecule has 0 saturated heterocycles. The molecular weight excluding hydrogens is 172 g/mol. The van der Waals surface area contributed by atoms with Crippen molar-refractivity contribution in [3.63, 3.8) is 0 Å². The molecule has 0 fully saturated rings. The van der Waals surface area contributed by atoms with Gasteiger partial charge in [0.1, 0.15) is 0 Å². The highest BCUT2D eigenvalue weighted by Gasteiger charge is 2.09. The third kappa shape index (κ3) is 7.34. The van der Waals surface area contributed by atoms with E-state index in [1.165, 1.54) is 25.8 Å².